The van der Waals surface area contributed by atoms with E-state index in [9.17, 15) is 4.79 Å². The minimum absolute atomic E-state index is 0.00259. The van der Waals surface area contributed by atoms with E-state index in [1.54, 1.807) is 6.20 Å². The smallest absolute Gasteiger partial charge is 0.240 e. The number of piperidine rings is 1. The molecule has 7 heteroatoms. The summed E-state index contributed by atoms with van der Waals surface area (Å²) in [6, 6.07) is 0. The molecule has 2 aromatic rings. The Balaban J connectivity index is 1.54. The van der Waals surface area contributed by atoms with E-state index in [1.165, 1.54) is 11.3 Å². The van der Waals surface area contributed by atoms with Crippen LogP contribution in [-0.4, -0.2) is 45.4 Å². The van der Waals surface area contributed by atoms with Gasteiger partial charge in [0.1, 0.15) is 5.82 Å². The lowest BCUT2D eigenvalue weighted by atomic mass is 9.93. The summed E-state index contributed by atoms with van der Waals surface area (Å²) in [7, 11) is 0. The Labute approximate surface area is 146 Å². The first-order valence-corrected chi connectivity index (χ1v) is 9.27. The van der Waals surface area contributed by atoms with Crippen molar-refractivity contribution in [1.29, 1.82) is 0 Å². The molecule has 2 N–H and O–H groups in total. The van der Waals surface area contributed by atoms with Crippen LogP contribution in [0.5, 0.6) is 0 Å². The van der Waals surface area contributed by atoms with Gasteiger partial charge in [0.25, 0.3) is 0 Å². The summed E-state index contributed by atoms with van der Waals surface area (Å²) in [6.45, 7) is 8.59. The topological polar surface area (TPSA) is 73.9 Å². The predicted molar refractivity (Wildman–Crippen MR) is 96.4 cm³/mol. The van der Waals surface area contributed by atoms with Crippen molar-refractivity contribution in [3.8, 4) is 0 Å². The van der Waals surface area contributed by atoms with Crippen molar-refractivity contribution in [2.45, 2.75) is 44.9 Å². The normalized spacial score (nSPS) is 19.4. The minimum atomic E-state index is 0.00259. The fourth-order valence-corrected chi connectivity index (χ4v) is 3.91. The number of carbonyl (C=O) groups is 1. The lowest BCUT2D eigenvalue weighted by Crippen LogP contribution is -2.40. The van der Waals surface area contributed by atoms with E-state index in [1.807, 2.05) is 11.6 Å². The van der Waals surface area contributed by atoms with Crippen molar-refractivity contribution < 1.29 is 4.79 Å². The van der Waals surface area contributed by atoms with Crippen LogP contribution in [0.15, 0.2) is 17.8 Å². The average molecular weight is 347 g/mol. The first-order valence-electron chi connectivity index (χ1n) is 8.39. The highest BCUT2D eigenvalue weighted by atomic mass is 32.1. The summed E-state index contributed by atoms with van der Waals surface area (Å²) >= 11 is 1.49. The predicted octanol–water partition coefficient (Wildman–Crippen LogP) is 2.98. The monoisotopic (exact) mass is 347 g/mol. The van der Waals surface area contributed by atoms with E-state index < -0.39 is 0 Å². The summed E-state index contributed by atoms with van der Waals surface area (Å²) < 4.78 is 0. The van der Waals surface area contributed by atoms with Gasteiger partial charge in [-0.3, -0.25) is 9.69 Å². The second-order valence-corrected chi connectivity index (χ2v) is 8.24. The molecular weight excluding hydrogens is 322 g/mol. The average Bonchev–Trinajstić information content (AvgIpc) is 3.18. The quantitative estimate of drug-likeness (QED) is 0.892. The van der Waals surface area contributed by atoms with E-state index in [-0.39, 0.29) is 11.3 Å². The Morgan fingerprint density at radius 1 is 1.50 bits per heavy atom. The van der Waals surface area contributed by atoms with Gasteiger partial charge in [0.2, 0.25) is 5.91 Å². The number of thiazole rings is 1. The van der Waals surface area contributed by atoms with Gasteiger partial charge in [-0.2, -0.15) is 0 Å². The molecule has 1 amide bonds. The van der Waals surface area contributed by atoms with Gasteiger partial charge in [-0.25, -0.2) is 9.97 Å². The highest BCUT2D eigenvalue weighted by molar-refractivity contribution is 7.13. The van der Waals surface area contributed by atoms with E-state index in [4.69, 9.17) is 0 Å². The maximum absolute atomic E-state index is 12.3. The molecule has 1 atom stereocenters. The van der Waals surface area contributed by atoms with Gasteiger partial charge >= 0.3 is 0 Å². The number of likely N-dealkylation sites (tertiary alicyclic amines) is 1. The van der Waals surface area contributed by atoms with Crippen LogP contribution in [0.25, 0.3) is 0 Å². The number of anilines is 1. The molecule has 3 heterocycles. The fraction of sp³-hybridized carbons (Fsp3) is 0.588. The Hall–Kier alpha value is -1.73. The SMILES string of the molecule is CC(C)(C)c1csc(NC(=O)CN2CCCC(c3ncc[nH]3)C2)n1. The van der Waals surface area contributed by atoms with Gasteiger partial charge in [-0.05, 0) is 19.4 Å². The molecule has 1 aliphatic rings. The number of nitrogens with zero attached hydrogens (tertiary/aromatic N) is 3. The van der Waals surface area contributed by atoms with Crippen LogP contribution in [0.2, 0.25) is 0 Å². The van der Waals surface area contributed by atoms with Crippen LogP contribution in [0.4, 0.5) is 5.13 Å². The van der Waals surface area contributed by atoms with Gasteiger partial charge in [0.05, 0.1) is 12.2 Å². The third-order valence-electron chi connectivity index (χ3n) is 4.30. The molecule has 2 aromatic heterocycles. The van der Waals surface area contributed by atoms with E-state index in [0.29, 0.717) is 17.6 Å². The second-order valence-electron chi connectivity index (χ2n) is 7.38. The Kier molecular flexibility index (Phi) is 5.01. The van der Waals surface area contributed by atoms with E-state index >= 15 is 0 Å². The molecule has 0 aliphatic carbocycles. The third kappa shape index (κ3) is 4.21. The molecule has 24 heavy (non-hydrogen) atoms. The highest BCUT2D eigenvalue weighted by Gasteiger charge is 2.25. The second kappa shape index (κ2) is 7.03. The summed E-state index contributed by atoms with van der Waals surface area (Å²) in [4.78, 5) is 26.6. The number of amides is 1. The number of carbonyl (C=O) groups excluding carboxylic acids is 1. The van der Waals surface area contributed by atoms with Gasteiger partial charge in [-0.15, -0.1) is 11.3 Å². The molecule has 0 spiro atoms. The molecule has 1 aliphatic heterocycles. The number of H-pyrrole nitrogens is 1. The summed E-state index contributed by atoms with van der Waals surface area (Å²) in [6.07, 6.45) is 5.85. The van der Waals surface area contributed by atoms with Gasteiger partial charge < -0.3 is 10.3 Å². The maximum atomic E-state index is 12.3. The Bertz CT molecular complexity index is 673. The van der Waals surface area contributed by atoms with E-state index in [0.717, 1.165) is 37.4 Å². The Morgan fingerprint density at radius 2 is 2.33 bits per heavy atom. The third-order valence-corrected chi connectivity index (χ3v) is 5.06. The van der Waals surface area contributed by atoms with E-state index in [2.05, 4.69) is 45.9 Å². The molecule has 3 rings (SSSR count). The Morgan fingerprint density at radius 3 is 3.00 bits per heavy atom. The van der Waals surface area contributed by atoms with Crippen LogP contribution in [0, 0.1) is 0 Å². The van der Waals surface area contributed by atoms with Gasteiger partial charge in [-0.1, -0.05) is 20.8 Å². The number of aromatic amines is 1. The molecule has 0 saturated carbocycles. The molecule has 1 saturated heterocycles. The standard InChI is InChI=1S/C17H25N5OS/c1-17(2,3)13-11-24-16(20-13)21-14(23)10-22-8-4-5-12(9-22)15-18-6-7-19-15/h6-7,11-12H,4-5,8-10H2,1-3H3,(H,18,19)(H,20,21,23). The van der Waals surface area contributed by atoms with Crippen LogP contribution >= 0.6 is 11.3 Å². The van der Waals surface area contributed by atoms with Crippen LogP contribution in [0.1, 0.15) is 51.0 Å². The minimum Gasteiger partial charge on any atom is -0.348 e. The first-order chi connectivity index (χ1) is 11.4. The molecule has 1 unspecified atom stereocenters. The van der Waals surface area contributed by atoms with Crippen LogP contribution in [-0.2, 0) is 10.2 Å². The first kappa shape index (κ1) is 17.1. The van der Waals surface area contributed by atoms with Crippen molar-refractivity contribution in [2.24, 2.45) is 0 Å². The number of aromatic nitrogens is 3. The van der Waals surface area contributed by atoms with Crippen molar-refractivity contribution in [3.63, 3.8) is 0 Å². The molecule has 1 fully saturated rings. The van der Waals surface area contributed by atoms with Crippen LogP contribution < -0.4 is 5.32 Å². The van der Waals surface area contributed by atoms with Crippen LogP contribution in [0.3, 0.4) is 0 Å². The van der Waals surface area contributed by atoms with Crippen molar-refractivity contribution in [2.75, 3.05) is 25.0 Å². The summed E-state index contributed by atoms with van der Waals surface area (Å²) in [5, 5.41) is 5.64. The highest BCUT2D eigenvalue weighted by Crippen LogP contribution is 2.27. The number of imidazole rings is 1. The number of nitrogens with one attached hydrogen (secondary N) is 2. The number of hydrogen-bond donors (Lipinski definition) is 2. The molecule has 0 bridgehead atoms. The van der Waals surface area contributed by atoms with Crippen molar-refractivity contribution in [3.05, 3.63) is 29.3 Å². The maximum Gasteiger partial charge on any atom is 0.240 e. The fourth-order valence-electron chi connectivity index (χ4n) is 2.96. The van der Waals surface area contributed by atoms with Gasteiger partial charge in [0.15, 0.2) is 5.13 Å². The molecule has 0 aromatic carbocycles. The zero-order chi connectivity index (χ0) is 17.2. The largest absolute Gasteiger partial charge is 0.348 e. The van der Waals surface area contributed by atoms with Gasteiger partial charge in [0, 0.05) is 35.7 Å². The number of rotatable bonds is 4. The van der Waals surface area contributed by atoms with Crippen molar-refractivity contribution >= 4 is 22.4 Å². The molecule has 6 nitrogen and oxygen atoms in total. The molecular formula is C17H25N5OS. The summed E-state index contributed by atoms with van der Waals surface area (Å²) in [5.74, 6) is 1.41. The number of hydrogen-bond acceptors (Lipinski definition) is 5. The molecule has 0 radical (unpaired) electrons. The lowest BCUT2D eigenvalue weighted by Gasteiger charge is -2.31. The lowest BCUT2D eigenvalue weighted by molar-refractivity contribution is -0.117. The molecule has 130 valence electrons. The zero-order valence-corrected chi connectivity index (χ0v) is 15.3. The summed E-state index contributed by atoms with van der Waals surface area (Å²) in [5.41, 5.74) is 1.02. The van der Waals surface area contributed by atoms with Crippen molar-refractivity contribution in [1.82, 2.24) is 19.9 Å². The zero-order valence-electron chi connectivity index (χ0n) is 14.5.